The Bertz CT molecular complexity index is 966. The van der Waals surface area contributed by atoms with Crippen LogP contribution in [0.1, 0.15) is 21.5 Å². The maximum Gasteiger partial charge on any atom is 0.422 e. The highest BCUT2D eigenvalue weighted by molar-refractivity contribution is 5.97. The Morgan fingerprint density at radius 3 is 2.66 bits per heavy atom. The van der Waals surface area contributed by atoms with Crippen LogP contribution in [0.15, 0.2) is 42.5 Å². The number of rotatable bonds is 6. The molecule has 9 heteroatoms. The Morgan fingerprint density at radius 1 is 1.09 bits per heavy atom. The molecule has 0 unspecified atom stereocenters. The Hall–Kier alpha value is -2.78. The van der Waals surface area contributed by atoms with E-state index in [9.17, 15) is 23.1 Å². The van der Waals surface area contributed by atoms with Gasteiger partial charge in [0.05, 0.1) is 18.2 Å². The van der Waals surface area contributed by atoms with Crippen molar-refractivity contribution in [3.63, 3.8) is 0 Å². The zero-order valence-electron chi connectivity index (χ0n) is 17.5. The number of aliphatic hydroxyl groups is 1. The summed E-state index contributed by atoms with van der Waals surface area (Å²) in [7, 11) is 0. The fraction of sp³-hybridized carbons (Fsp3) is 0.435. The Labute approximate surface area is 184 Å². The maximum atomic E-state index is 13.0. The van der Waals surface area contributed by atoms with Crippen molar-refractivity contribution < 1.29 is 32.5 Å². The van der Waals surface area contributed by atoms with E-state index in [1.807, 2.05) is 12.1 Å². The molecular weight excluding hydrogens is 425 g/mol. The molecule has 32 heavy (non-hydrogen) atoms. The van der Waals surface area contributed by atoms with Crippen LogP contribution in [-0.2, 0) is 13.0 Å². The molecule has 172 valence electrons. The SMILES string of the molecule is O=C1c2ccc(OCC(F)(F)F)cc2OCCN1C[C@H](O)CN1CCc2ccccc2C1. The number of carbonyl (C=O) groups excluding carboxylic acids is 1. The van der Waals surface area contributed by atoms with Gasteiger partial charge in [0.2, 0.25) is 0 Å². The van der Waals surface area contributed by atoms with Crippen molar-refractivity contribution in [2.75, 3.05) is 39.4 Å². The van der Waals surface area contributed by atoms with Gasteiger partial charge in [0.25, 0.3) is 5.91 Å². The molecule has 2 aliphatic rings. The summed E-state index contributed by atoms with van der Waals surface area (Å²) in [5.41, 5.74) is 2.82. The first-order valence-corrected chi connectivity index (χ1v) is 10.5. The molecule has 0 saturated carbocycles. The van der Waals surface area contributed by atoms with Crippen LogP contribution in [0.5, 0.6) is 11.5 Å². The number of alkyl halides is 3. The third kappa shape index (κ3) is 5.52. The van der Waals surface area contributed by atoms with Gasteiger partial charge in [0, 0.05) is 32.2 Å². The highest BCUT2D eigenvalue weighted by Gasteiger charge is 2.30. The minimum absolute atomic E-state index is 0.0206. The Balaban J connectivity index is 1.36. The number of hydrogen-bond donors (Lipinski definition) is 1. The Kier molecular flexibility index (Phi) is 6.57. The van der Waals surface area contributed by atoms with Crippen LogP contribution < -0.4 is 9.47 Å². The molecule has 0 aromatic heterocycles. The fourth-order valence-corrected chi connectivity index (χ4v) is 4.09. The lowest BCUT2D eigenvalue weighted by atomic mass is 10.00. The molecule has 2 aromatic carbocycles. The predicted octanol–water partition coefficient (Wildman–Crippen LogP) is 2.88. The molecule has 2 aliphatic heterocycles. The van der Waals surface area contributed by atoms with Crippen molar-refractivity contribution in [3.8, 4) is 11.5 Å². The number of ether oxygens (including phenoxy) is 2. The molecule has 1 amide bonds. The monoisotopic (exact) mass is 450 g/mol. The van der Waals surface area contributed by atoms with E-state index in [1.165, 1.54) is 34.2 Å². The molecule has 4 rings (SSSR count). The number of benzene rings is 2. The summed E-state index contributed by atoms with van der Waals surface area (Å²) in [6.45, 7) is 1.21. The van der Waals surface area contributed by atoms with E-state index in [4.69, 9.17) is 9.47 Å². The molecule has 6 nitrogen and oxygen atoms in total. The average molecular weight is 450 g/mol. The zero-order valence-corrected chi connectivity index (χ0v) is 17.5. The van der Waals surface area contributed by atoms with Crippen molar-refractivity contribution in [1.29, 1.82) is 0 Å². The maximum absolute atomic E-state index is 13.0. The lowest BCUT2D eigenvalue weighted by molar-refractivity contribution is -0.153. The van der Waals surface area contributed by atoms with Gasteiger partial charge in [-0.3, -0.25) is 9.69 Å². The van der Waals surface area contributed by atoms with Crippen molar-refractivity contribution >= 4 is 5.91 Å². The molecule has 1 N–H and O–H groups in total. The van der Waals surface area contributed by atoms with E-state index in [1.54, 1.807) is 0 Å². The summed E-state index contributed by atoms with van der Waals surface area (Å²) in [5, 5.41) is 10.6. The normalized spacial score (nSPS) is 17.8. The molecule has 2 heterocycles. The van der Waals surface area contributed by atoms with E-state index in [2.05, 4.69) is 17.0 Å². The fourth-order valence-electron chi connectivity index (χ4n) is 4.09. The van der Waals surface area contributed by atoms with E-state index in [0.717, 1.165) is 19.5 Å². The van der Waals surface area contributed by atoms with Crippen molar-refractivity contribution in [3.05, 3.63) is 59.2 Å². The second kappa shape index (κ2) is 9.38. The van der Waals surface area contributed by atoms with Gasteiger partial charge in [-0.05, 0) is 29.7 Å². The summed E-state index contributed by atoms with van der Waals surface area (Å²) in [5.74, 6) is -0.171. The topological polar surface area (TPSA) is 62.2 Å². The quantitative estimate of drug-likeness (QED) is 0.734. The predicted molar refractivity (Wildman–Crippen MR) is 111 cm³/mol. The summed E-state index contributed by atoms with van der Waals surface area (Å²) < 4.78 is 47.4. The summed E-state index contributed by atoms with van der Waals surface area (Å²) >= 11 is 0. The molecule has 0 saturated heterocycles. The Morgan fingerprint density at radius 2 is 1.88 bits per heavy atom. The van der Waals surface area contributed by atoms with Crippen molar-refractivity contribution in [1.82, 2.24) is 9.80 Å². The van der Waals surface area contributed by atoms with Gasteiger partial charge in [0.1, 0.15) is 18.1 Å². The number of fused-ring (bicyclic) bond motifs is 2. The minimum Gasteiger partial charge on any atom is -0.491 e. The van der Waals surface area contributed by atoms with E-state index in [-0.39, 0.29) is 42.7 Å². The number of nitrogens with zero attached hydrogens (tertiary/aromatic N) is 2. The van der Waals surface area contributed by atoms with Crippen molar-refractivity contribution in [2.45, 2.75) is 25.2 Å². The lowest BCUT2D eigenvalue weighted by Gasteiger charge is -2.32. The molecule has 1 atom stereocenters. The van der Waals surface area contributed by atoms with E-state index >= 15 is 0 Å². The first-order valence-electron chi connectivity index (χ1n) is 10.5. The minimum atomic E-state index is -4.45. The van der Waals surface area contributed by atoms with Crippen LogP contribution in [0.3, 0.4) is 0 Å². The van der Waals surface area contributed by atoms with Gasteiger partial charge >= 0.3 is 6.18 Å². The summed E-state index contributed by atoms with van der Waals surface area (Å²) in [6, 6.07) is 12.3. The smallest absolute Gasteiger partial charge is 0.422 e. The van der Waals surface area contributed by atoms with Gasteiger partial charge in [-0.25, -0.2) is 0 Å². The van der Waals surface area contributed by atoms with Gasteiger partial charge < -0.3 is 19.5 Å². The van der Waals surface area contributed by atoms with E-state index < -0.39 is 18.9 Å². The number of amides is 1. The molecule has 2 aromatic rings. The molecule has 0 spiro atoms. The molecule has 0 aliphatic carbocycles. The first kappa shape index (κ1) is 22.4. The first-order chi connectivity index (χ1) is 15.3. The van der Waals surface area contributed by atoms with Crippen LogP contribution in [0, 0.1) is 0 Å². The lowest BCUT2D eigenvalue weighted by Crippen LogP contribution is -2.44. The standard InChI is InChI=1S/C23H25F3N2O4/c24-23(25,26)15-32-19-5-6-20-21(11-19)31-10-9-28(22(20)30)14-18(29)13-27-8-7-16-3-1-2-4-17(16)12-27/h1-6,11,18,29H,7-10,12-15H2/t18-/m1/s1. The number of aliphatic hydroxyl groups excluding tert-OH is 1. The number of carbonyl (C=O) groups is 1. The molecule has 0 bridgehead atoms. The second-order valence-corrected chi connectivity index (χ2v) is 8.07. The van der Waals surface area contributed by atoms with Crippen LogP contribution in [0.2, 0.25) is 0 Å². The highest BCUT2D eigenvalue weighted by Crippen LogP contribution is 2.29. The summed E-state index contributed by atoms with van der Waals surface area (Å²) in [4.78, 5) is 16.6. The second-order valence-electron chi connectivity index (χ2n) is 8.07. The van der Waals surface area contributed by atoms with Crippen molar-refractivity contribution in [2.24, 2.45) is 0 Å². The number of hydrogen-bond acceptors (Lipinski definition) is 5. The van der Waals surface area contributed by atoms with Crippen LogP contribution in [0.4, 0.5) is 13.2 Å². The number of halogens is 3. The van der Waals surface area contributed by atoms with E-state index in [0.29, 0.717) is 6.54 Å². The molecule has 0 fully saturated rings. The van der Waals surface area contributed by atoms with Gasteiger partial charge in [-0.15, -0.1) is 0 Å². The molecule has 0 radical (unpaired) electrons. The van der Waals surface area contributed by atoms with Crippen LogP contribution >= 0.6 is 0 Å². The van der Waals surface area contributed by atoms with Crippen LogP contribution in [-0.4, -0.2) is 72.5 Å². The summed E-state index contributed by atoms with van der Waals surface area (Å²) in [6.07, 6.45) is -4.27. The van der Waals surface area contributed by atoms with Gasteiger partial charge in [0.15, 0.2) is 6.61 Å². The highest BCUT2D eigenvalue weighted by atomic mass is 19.4. The number of β-amino-alcohol motifs (C(OH)–C–C–N with tert-alkyl or cyclic N) is 1. The van der Waals surface area contributed by atoms with Gasteiger partial charge in [-0.2, -0.15) is 13.2 Å². The third-order valence-electron chi connectivity index (χ3n) is 5.60. The largest absolute Gasteiger partial charge is 0.491 e. The zero-order chi connectivity index (χ0) is 22.7. The average Bonchev–Trinajstić information content (AvgIpc) is 2.90. The van der Waals surface area contributed by atoms with Crippen LogP contribution in [0.25, 0.3) is 0 Å². The molecular formula is C23H25F3N2O4. The third-order valence-corrected chi connectivity index (χ3v) is 5.60. The van der Waals surface area contributed by atoms with Gasteiger partial charge in [-0.1, -0.05) is 24.3 Å².